The van der Waals surface area contributed by atoms with Crippen LogP contribution in [0.25, 0.3) is 0 Å². The molecule has 1 aliphatic rings. The second-order valence-corrected chi connectivity index (χ2v) is 7.43. The number of carbonyl (C=O) groups is 1. The van der Waals surface area contributed by atoms with Gasteiger partial charge in [0.25, 0.3) is 5.69 Å². The highest BCUT2D eigenvalue weighted by Gasteiger charge is 2.26. The number of rotatable bonds is 5. The van der Waals surface area contributed by atoms with E-state index < -0.39 is 4.92 Å². The average molecular weight is 423 g/mol. The van der Waals surface area contributed by atoms with E-state index in [1.165, 1.54) is 12.1 Å². The van der Waals surface area contributed by atoms with E-state index in [4.69, 9.17) is 23.2 Å². The number of hydrogen-bond donors (Lipinski definition) is 1. The average Bonchev–Trinajstić information content (AvgIpc) is 2.69. The fourth-order valence-electron chi connectivity index (χ4n) is 3.15. The van der Waals surface area contributed by atoms with Gasteiger partial charge in [0.1, 0.15) is 0 Å². The molecule has 148 valence electrons. The van der Waals surface area contributed by atoms with Gasteiger partial charge in [-0.15, -0.1) is 0 Å². The maximum absolute atomic E-state index is 12.6. The van der Waals surface area contributed by atoms with Crippen LogP contribution < -0.4 is 10.2 Å². The molecule has 0 radical (unpaired) electrons. The van der Waals surface area contributed by atoms with Gasteiger partial charge in [-0.3, -0.25) is 19.8 Å². The van der Waals surface area contributed by atoms with Crippen LogP contribution in [0.4, 0.5) is 17.1 Å². The maximum atomic E-state index is 12.6. The molecule has 1 heterocycles. The maximum Gasteiger partial charge on any atom is 0.269 e. The third-order valence-corrected chi connectivity index (χ3v) is 5.40. The molecule has 0 aromatic heterocycles. The Bertz CT molecular complexity index is 868. The number of amides is 1. The normalized spacial score (nSPS) is 15.9. The van der Waals surface area contributed by atoms with Crippen LogP contribution in [0, 0.1) is 10.1 Å². The summed E-state index contributed by atoms with van der Waals surface area (Å²) in [7, 11) is 0. The Balaban J connectivity index is 1.56. The molecule has 1 fully saturated rings. The first kappa shape index (κ1) is 20.4. The zero-order valence-corrected chi connectivity index (χ0v) is 16.8. The summed E-state index contributed by atoms with van der Waals surface area (Å²) in [4.78, 5) is 27.2. The zero-order valence-electron chi connectivity index (χ0n) is 15.3. The third kappa shape index (κ3) is 4.73. The molecule has 2 aromatic rings. The minimum absolute atomic E-state index is 0.0774. The lowest BCUT2D eigenvalue weighted by Gasteiger charge is -2.38. The summed E-state index contributed by atoms with van der Waals surface area (Å²) < 4.78 is 0. The molecule has 1 N–H and O–H groups in total. The number of non-ortho nitro benzene ring substituents is 1. The number of nitrogens with zero attached hydrogens (tertiary/aromatic N) is 3. The van der Waals surface area contributed by atoms with E-state index in [9.17, 15) is 14.9 Å². The van der Waals surface area contributed by atoms with Gasteiger partial charge < -0.3 is 10.2 Å². The van der Waals surface area contributed by atoms with Gasteiger partial charge >= 0.3 is 0 Å². The largest absolute Gasteiger partial charge is 0.369 e. The summed E-state index contributed by atoms with van der Waals surface area (Å²) in [5, 5.41) is 14.5. The Morgan fingerprint density at radius 3 is 2.32 bits per heavy atom. The summed E-state index contributed by atoms with van der Waals surface area (Å²) in [6.45, 7) is 4.74. The zero-order chi connectivity index (χ0) is 20.3. The minimum atomic E-state index is -0.408. The van der Waals surface area contributed by atoms with E-state index in [0.29, 0.717) is 28.8 Å². The Hall–Kier alpha value is -2.35. The second-order valence-electron chi connectivity index (χ2n) is 6.59. The molecule has 3 rings (SSSR count). The van der Waals surface area contributed by atoms with Crippen molar-refractivity contribution >= 4 is 46.2 Å². The molecule has 1 unspecified atom stereocenters. The van der Waals surface area contributed by atoms with Gasteiger partial charge in [-0.05, 0) is 37.3 Å². The van der Waals surface area contributed by atoms with Gasteiger partial charge in [-0.2, -0.15) is 0 Å². The number of carbonyl (C=O) groups excluding carboxylic acids is 1. The van der Waals surface area contributed by atoms with Crippen molar-refractivity contribution in [3.8, 4) is 0 Å². The first-order chi connectivity index (χ1) is 13.3. The van der Waals surface area contributed by atoms with Gasteiger partial charge in [0.05, 0.1) is 21.7 Å². The van der Waals surface area contributed by atoms with Crippen LogP contribution >= 0.6 is 23.2 Å². The van der Waals surface area contributed by atoms with Gasteiger partial charge in [-0.25, -0.2) is 0 Å². The van der Waals surface area contributed by atoms with Crippen molar-refractivity contribution in [2.75, 3.05) is 36.4 Å². The molecule has 1 amide bonds. The van der Waals surface area contributed by atoms with Gasteiger partial charge in [0, 0.05) is 49.0 Å². The molecule has 9 heteroatoms. The fourth-order valence-corrected chi connectivity index (χ4v) is 3.60. The number of benzene rings is 2. The van der Waals surface area contributed by atoms with Crippen molar-refractivity contribution in [1.82, 2.24) is 4.90 Å². The van der Waals surface area contributed by atoms with E-state index in [1.54, 1.807) is 30.3 Å². The smallest absolute Gasteiger partial charge is 0.269 e. The van der Waals surface area contributed by atoms with E-state index in [0.717, 1.165) is 18.8 Å². The molecular weight excluding hydrogens is 403 g/mol. The van der Waals surface area contributed by atoms with Crippen LogP contribution in [0.1, 0.15) is 6.92 Å². The van der Waals surface area contributed by atoms with Crippen LogP contribution in [0.15, 0.2) is 42.5 Å². The van der Waals surface area contributed by atoms with E-state index >= 15 is 0 Å². The first-order valence-corrected chi connectivity index (χ1v) is 9.60. The summed E-state index contributed by atoms with van der Waals surface area (Å²) in [5.41, 5.74) is 1.55. The highest BCUT2D eigenvalue weighted by molar-refractivity contribution is 6.36. The van der Waals surface area contributed by atoms with Gasteiger partial charge in [0.2, 0.25) is 5.91 Å². The summed E-state index contributed by atoms with van der Waals surface area (Å²) in [6, 6.07) is 11.2. The molecule has 0 bridgehead atoms. The lowest BCUT2D eigenvalue weighted by molar-refractivity contribution is -0.384. The number of nitro benzene ring substituents is 1. The summed E-state index contributed by atoms with van der Waals surface area (Å²) >= 11 is 12.0. The van der Waals surface area contributed by atoms with Crippen LogP contribution in [0.2, 0.25) is 10.0 Å². The highest BCUT2D eigenvalue weighted by atomic mass is 35.5. The van der Waals surface area contributed by atoms with E-state index in [2.05, 4.69) is 15.1 Å². The molecule has 2 aromatic carbocycles. The standard InChI is InChI=1S/C19H20Cl2N4O3/c1-13(19(26)22-18-7-2-14(20)12-17(18)21)23-8-10-24(11-9-23)15-3-5-16(6-4-15)25(27)28/h2-7,12-13H,8-11H2,1H3,(H,22,26). The van der Waals surface area contributed by atoms with Crippen molar-refractivity contribution < 1.29 is 9.72 Å². The van der Waals surface area contributed by atoms with Crippen LogP contribution in [0.3, 0.4) is 0 Å². The van der Waals surface area contributed by atoms with Crippen molar-refractivity contribution in [1.29, 1.82) is 0 Å². The Labute approximate surface area is 173 Å². The number of nitrogens with one attached hydrogen (secondary N) is 1. The number of halogens is 2. The molecule has 1 saturated heterocycles. The number of hydrogen-bond acceptors (Lipinski definition) is 5. The number of anilines is 2. The van der Waals surface area contributed by atoms with E-state index in [1.807, 2.05) is 6.92 Å². The second kappa shape index (κ2) is 8.77. The SMILES string of the molecule is CC(C(=O)Nc1ccc(Cl)cc1Cl)N1CCN(c2ccc([N+](=O)[O-])cc2)CC1. The topological polar surface area (TPSA) is 78.7 Å². The number of nitro groups is 1. The highest BCUT2D eigenvalue weighted by Crippen LogP contribution is 2.26. The predicted molar refractivity (Wildman–Crippen MR) is 111 cm³/mol. The molecule has 1 atom stereocenters. The Morgan fingerprint density at radius 2 is 1.75 bits per heavy atom. The summed E-state index contributed by atoms with van der Waals surface area (Å²) in [6.07, 6.45) is 0. The molecule has 0 spiro atoms. The van der Waals surface area contributed by atoms with Crippen LogP contribution in [-0.4, -0.2) is 48.0 Å². The quantitative estimate of drug-likeness (QED) is 0.580. The molecule has 7 nitrogen and oxygen atoms in total. The predicted octanol–water partition coefficient (Wildman–Crippen LogP) is 4.05. The fraction of sp³-hybridized carbons (Fsp3) is 0.316. The van der Waals surface area contributed by atoms with Crippen molar-refractivity contribution in [2.24, 2.45) is 0 Å². The van der Waals surface area contributed by atoms with E-state index in [-0.39, 0.29) is 17.6 Å². The Kier molecular flexibility index (Phi) is 6.39. The molecule has 0 aliphatic carbocycles. The monoisotopic (exact) mass is 422 g/mol. The van der Waals surface area contributed by atoms with Crippen molar-refractivity contribution in [3.63, 3.8) is 0 Å². The summed E-state index contributed by atoms with van der Waals surface area (Å²) in [5.74, 6) is -0.131. The molecule has 1 aliphatic heterocycles. The number of piperazine rings is 1. The third-order valence-electron chi connectivity index (χ3n) is 4.86. The minimum Gasteiger partial charge on any atom is -0.369 e. The van der Waals surface area contributed by atoms with Gasteiger partial charge in [-0.1, -0.05) is 23.2 Å². The van der Waals surface area contributed by atoms with Crippen molar-refractivity contribution in [2.45, 2.75) is 13.0 Å². The lowest BCUT2D eigenvalue weighted by Crippen LogP contribution is -2.52. The van der Waals surface area contributed by atoms with Crippen LogP contribution in [-0.2, 0) is 4.79 Å². The first-order valence-electron chi connectivity index (χ1n) is 8.84. The Morgan fingerprint density at radius 1 is 1.11 bits per heavy atom. The van der Waals surface area contributed by atoms with Crippen molar-refractivity contribution in [3.05, 3.63) is 62.6 Å². The molecular formula is C19H20Cl2N4O3. The lowest BCUT2D eigenvalue weighted by atomic mass is 10.2. The molecule has 0 saturated carbocycles. The van der Waals surface area contributed by atoms with Gasteiger partial charge in [0.15, 0.2) is 0 Å². The molecule has 28 heavy (non-hydrogen) atoms. The van der Waals surface area contributed by atoms with Crippen LogP contribution in [0.5, 0.6) is 0 Å².